The van der Waals surface area contributed by atoms with Crippen LogP contribution in [0.4, 0.5) is 4.39 Å². The predicted octanol–water partition coefficient (Wildman–Crippen LogP) is 3.42. The highest BCUT2D eigenvalue weighted by molar-refractivity contribution is 6.22. The molecule has 84 valence electrons. The Labute approximate surface area is 103 Å². The number of halogens is 2. The standard InChI is InChI=1S/C13H8ClFN2/c14-13(10-2-1-5-17-8-10)11-4-3-9(7-16)6-12(11)15/h1-6,8,13H/t13-/m0/s1. The number of nitriles is 1. The van der Waals surface area contributed by atoms with E-state index < -0.39 is 11.2 Å². The van der Waals surface area contributed by atoms with Crippen LogP contribution in [0.25, 0.3) is 0 Å². The maximum atomic E-state index is 13.7. The quantitative estimate of drug-likeness (QED) is 0.762. The zero-order valence-electron chi connectivity index (χ0n) is 8.77. The summed E-state index contributed by atoms with van der Waals surface area (Å²) in [5.41, 5.74) is 1.35. The lowest BCUT2D eigenvalue weighted by Crippen LogP contribution is -1.98. The molecule has 17 heavy (non-hydrogen) atoms. The van der Waals surface area contributed by atoms with Crippen LogP contribution >= 0.6 is 11.6 Å². The van der Waals surface area contributed by atoms with Crippen molar-refractivity contribution in [2.45, 2.75) is 5.38 Å². The van der Waals surface area contributed by atoms with Crippen molar-refractivity contribution in [1.29, 1.82) is 5.26 Å². The van der Waals surface area contributed by atoms with Gasteiger partial charge in [0.25, 0.3) is 0 Å². The Morgan fingerprint density at radius 2 is 2.18 bits per heavy atom. The fourth-order valence-corrected chi connectivity index (χ4v) is 1.81. The van der Waals surface area contributed by atoms with Crippen molar-refractivity contribution in [3.05, 3.63) is 65.2 Å². The van der Waals surface area contributed by atoms with Gasteiger partial charge in [0.15, 0.2) is 0 Å². The van der Waals surface area contributed by atoms with Crippen molar-refractivity contribution in [3.8, 4) is 6.07 Å². The van der Waals surface area contributed by atoms with E-state index in [0.29, 0.717) is 5.56 Å². The zero-order chi connectivity index (χ0) is 12.3. The van der Waals surface area contributed by atoms with Crippen molar-refractivity contribution < 1.29 is 4.39 Å². The third kappa shape index (κ3) is 2.43. The molecule has 0 N–H and O–H groups in total. The maximum absolute atomic E-state index is 13.7. The molecule has 2 nitrogen and oxygen atoms in total. The molecule has 4 heteroatoms. The molecule has 0 aliphatic heterocycles. The highest BCUT2D eigenvalue weighted by Crippen LogP contribution is 2.30. The number of alkyl halides is 1. The Hall–Kier alpha value is -1.92. The van der Waals surface area contributed by atoms with E-state index in [1.807, 2.05) is 6.07 Å². The van der Waals surface area contributed by atoms with Gasteiger partial charge < -0.3 is 0 Å². The predicted molar refractivity (Wildman–Crippen MR) is 63.0 cm³/mol. The third-order valence-corrected chi connectivity index (χ3v) is 2.87. The molecule has 1 heterocycles. The first-order valence-corrected chi connectivity index (χ1v) is 5.39. The van der Waals surface area contributed by atoms with Gasteiger partial charge >= 0.3 is 0 Å². The smallest absolute Gasteiger partial charge is 0.129 e. The normalized spacial score (nSPS) is 11.8. The summed E-state index contributed by atoms with van der Waals surface area (Å²) in [6.45, 7) is 0. The van der Waals surface area contributed by atoms with Crippen LogP contribution in [-0.4, -0.2) is 4.98 Å². The van der Waals surface area contributed by atoms with E-state index >= 15 is 0 Å². The molecule has 0 bridgehead atoms. The number of pyridine rings is 1. The summed E-state index contributed by atoms with van der Waals surface area (Å²) in [5.74, 6) is -0.479. The summed E-state index contributed by atoms with van der Waals surface area (Å²) in [7, 11) is 0. The van der Waals surface area contributed by atoms with Gasteiger partial charge in [-0.2, -0.15) is 5.26 Å². The van der Waals surface area contributed by atoms with Gasteiger partial charge in [-0.15, -0.1) is 11.6 Å². The Morgan fingerprint density at radius 3 is 2.76 bits per heavy atom. The molecule has 2 rings (SSSR count). The lowest BCUT2D eigenvalue weighted by molar-refractivity contribution is 0.612. The van der Waals surface area contributed by atoms with Gasteiger partial charge in [0, 0.05) is 18.0 Å². The third-order valence-electron chi connectivity index (χ3n) is 2.38. The van der Waals surface area contributed by atoms with Crippen molar-refractivity contribution in [1.82, 2.24) is 4.98 Å². The van der Waals surface area contributed by atoms with E-state index in [0.717, 1.165) is 5.56 Å². The largest absolute Gasteiger partial charge is 0.264 e. The summed E-state index contributed by atoms with van der Waals surface area (Å²) in [6.07, 6.45) is 3.22. The SMILES string of the molecule is N#Cc1ccc([C@@H](Cl)c2cccnc2)c(F)c1. The van der Waals surface area contributed by atoms with Gasteiger partial charge in [-0.05, 0) is 23.8 Å². The second-order valence-electron chi connectivity index (χ2n) is 3.50. The van der Waals surface area contributed by atoms with Crippen LogP contribution in [0.3, 0.4) is 0 Å². The Balaban J connectivity index is 2.39. The number of rotatable bonds is 2. The molecular weight excluding hydrogens is 239 g/mol. The van der Waals surface area contributed by atoms with Crippen molar-refractivity contribution in [2.24, 2.45) is 0 Å². The lowest BCUT2D eigenvalue weighted by Gasteiger charge is -2.10. The highest BCUT2D eigenvalue weighted by Gasteiger charge is 2.15. The highest BCUT2D eigenvalue weighted by atomic mass is 35.5. The number of benzene rings is 1. The molecule has 1 atom stereocenters. The van der Waals surface area contributed by atoms with E-state index in [-0.39, 0.29) is 5.56 Å². The fourth-order valence-electron chi connectivity index (χ4n) is 1.51. The minimum atomic E-state index is -0.601. The number of nitrogens with zero attached hydrogens (tertiary/aromatic N) is 2. The van der Waals surface area contributed by atoms with Gasteiger partial charge in [0.05, 0.1) is 17.0 Å². The lowest BCUT2D eigenvalue weighted by atomic mass is 10.0. The Bertz CT molecular complexity index is 563. The van der Waals surface area contributed by atoms with Crippen LogP contribution in [0, 0.1) is 17.1 Å². The summed E-state index contributed by atoms with van der Waals surface area (Å²) in [6, 6.07) is 9.65. The average Bonchev–Trinajstić information content (AvgIpc) is 2.39. The van der Waals surface area contributed by atoms with Crippen LogP contribution in [0.1, 0.15) is 22.1 Å². The molecule has 0 aliphatic rings. The fraction of sp³-hybridized carbons (Fsp3) is 0.0769. The van der Waals surface area contributed by atoms with Crippen molar-refractivity contribution in [2.75, 3.05) is 0 Å². The van der Waals surface area contributed by atoms with E-state index in [4.69, 9.17) is 16.9 Å². The van der Waals surface area contributed by atoms with Crippen LogP contribution in [0.2, 0.25) is 0 Å². The minimum Gasteiger partial charge on any atom is -0.264 e. The van der Waals surface area contributed by atoms with Gasteiger partial charge in [0.1, 0.15) is 5.82 Å². The van der Waals surface area contributed by atoms with Crippen LogP contribution in [0.5, 0.6) is 0 Å². The molecule has 0 radical (unpaired) electrons. The van der Waals surface area contributed by atoms with Gasteiger partial charge in [-0.3, -0.25) is 4.98 Å². The molecular formula is C13H8ClFN2. The molecule has 0 fully saturated rings. The molecule has 0 saturated heterocycles. The van der Waals surface area contributed by atoms with Crippen LogP contribution in [0.15, 0.2) is 42.7 Å². The second kappa shape index (κ2) is 4.94. The Kier molecular flexibility index (Phi) is 3.36. The zero-order valence-corrected chi connectivity index (χ0v) is 9.53. The minimum absolute atomic E-state index is 0.279. The summed E-state index contributed by atoms with van der Waals surface area (Å²) >= 11 is 6.17. The summed E-state index contributed by atoms with van der Waals surface area (Å²) in [4.78, 5) is 3.94. The number of hydrogen-bond acceptors (Lipinski definition) is 2. The second-order valence-corrected chi connectivity index (χ2v) is 3.93. The maximum Gasteiger partial charge on any atom is 0.129 e. The van der Waals surface area contributed by atoms with E-state index in [2.05, 4.69) is 4.98 Å². The molecule has 0 unspecified atom stereocenters. The van der Waals surface area contributed by atoms with Crippen molar-refractivity contribution in [3.63, 3.8) is 0 Å². The molecule has 1 aromatic heterocycles. The summed E-state index contributed by atoms with van der Waals surface area (Å²) in [5, 5.41) is 8.05. The van der Waals surface area contributed by atoms with E-state index in [1.54, 1.807) is 30.6 Å². The molecule has 0 spiro atoms. The molecule has 0 aliphatic carbocycles. The molecule has 2 aromatic rings. The van der Waals surface area contributed by atoms with E-state index in [9.17, 15) is 4.39 Å². The number of hydrogen-bond donors (Lipinski definition) is 0. The number of aromatic nitrogens is 1. The first-order chi connectivity index (χ1) is 8.22. The molecule has 1 aromatic carbocycles. The van der Waals surface area contributed by atoms with Crippen LogP contribution < -0.4 is 0 Å². The molecule has 0 saturated carbocycles. The monoisotopic (exact) mass is 246 g/mol. The van der Waals surface area contributed by atoms with Gasteiger partial charge in [-0.1, -0.05) is 12.1 Å². The molecule has 0 amide bonds. The van der Waals surface area contributed by atoms with Crippen LogP contribution in [-0.2, 0) is 0 Å². The first kappa shape index (κ1) is 11.6. The van der Waals surface area contributed by atoms with Gasteiger partial charge in [-0.25, -0.2) is 4.39 Å². The van der Waals surface area contributed by atoms with Gasteiger partial charge in [0.2, 0.25) is 0 Å². The first-order valence-electron chi connectivity index (χ1n) is 4.96. The average molecular weight is 247 g/mol. The van der Waals surface area contributed by atoms with Crippen molar-refractivity contribution >= 4 is 11.6 Å². The Morgan fingerprint density at radius 1 is 1.35 bits per heavy atom. The van der Waals surface area contributed by atoms with E-state index in [1.165, 1.54) is 12.1 Å². The summed E-state index contributed by atoms with van der Waals surface area (Å²) < 4.78 is 13.7. The topological polar surface area (TPSA) is 36.7 Å².